The number of halogens is 1. The summed E-state index contributed by atoms with van der Waals surface area (Å²) in [5, 5.41) is 3.46. The Kier molecular flexibility index (Phi) is 5.19. The summed E-state index contributed by atoms with van der Waals surface area (Å²) in [6, 6.07) is 2.31. The molecule has 0 aliphatic carbocycles. The number of anilines is 1. The molecule has 0 saturated heterocycles. The van der Waals surface area contributed by atoms with E-state index >= 15 is 0 Å². The first-order chi connectivity index (χ1) is 7.88. The lowest BCUT2D eigenvalue weighted by Gasteiger charge is -2.16. The Morgan fingerprint density at radius 2 is 1.88 bits per heavy atom. The van der Waals surface area contributed by atoms with Gasteiger partial charge in [-0.25, -0.2) is 9.97 Å². The van der Waals surface area contributed by atoms with Crippen LogP contribution in [0.5, 0.6) is 0 Å². The minimum absolute atomic E-state index is 0.159. The van der Waals surface area contributed by atoms with Crippen LogP contribution in [0.4, 0.5) is 5.95 Å². The van der Waals surface area contributed by atoms with Gasteiger partial charge in [0.25, 0.3) is 0 Å². The van der Waals surface area contributed by atoms with Crippen molar-refractivity contribution in [2.24, 2.45) is 0 Å². The molecule has 0 amide bonds. The quantitative estimate of drug-likeness (QED) is 0.815. The normalized spacial score (nSPS) is 14.8. The van der Waals surface area contributed by atoms with E-state index in [-0.39, 0.29) is 11.4 Å². The number of aromatic nitrogens is 2. The maximum absolute atomic E-state index is 5.97. The zero-order valence-corrected chi connectivity index (χ0v) is 12.0. The van der Waals surface area contributed by atoms with Gasteiger partial charge in [0.1, 0.15) is 0 Å². The van der Waals surface area contributed by atoms with Crippen molar-refractivity contribution in [1.82, 2.24) is 9.97 Å². The van der Waals surface area contributed by atoms with Crippen LogP contribution in [0.3, 0.4) is 0 Å². The largest absolute Gasteiger partial charge is 0.352 e. The molecule has 0 aliphatic rings. The second-order valence-electron chi connectivity index (χ2n) is 4.97. The molecule has 0 spiro atoms. The zero-order chi connectivity index (χ0) is 13.0. The summed E-state index contributed by atoms with van der Waals surface area (Å²) >= 11 is 5.97. The SMILES string of the molecule is Cc1cc(C(C)C)nc(NC(C)CC(C)Cl)n1. The molecule has 1 heterocycles. The van der Waals surface area contributed by atoms with Gasteiger partial charge in [0.2, 0.25) is 5.95 Å². The Hall–Kier alpha value is -0.830. The van der Waals surface area contributed by atoms with E-state index in [0.29, 0.717) is 11.9 Å². The van der Waals surface area contributed by atoms with E-state index in [9.17, 15) is 0 Å². The molecule has 2 unspecified atom stereocenters. The standard InChI is InChI=1S/C13H22ClN3/c1-8(2)12-7-11(5)16-13(17-12)15-10(4)6-9(3)14/h7-10H,6H2,1-5H3,(H,15,16,17). The predicted molar refractivity (Wildman–Crippen MR) is 73.9 cm³/mol. The van der Waals surface area contributed by atoms with Crippen LogP contribution < -0.4 is 5.32 Å². The molecule has 1 aromatic rings. The fourth-order valence-electron chi connectivity index (χ4n) is 1.72. The maximum Gasteiger partial charge on any atom is 0.223 e. The molecule has 1 rings (SSSR count). The van der Waals surface area contributed by atoms with E-state index in [1.807, 2.05) is 19.9 Å². The molecule has 17 heavy (non-hydrogen) atoms. The molecule has 1 aromatic heterocycles. The van der Waals surface area contributed by atoms with Crippen molar-refractivity contribution in [3.8, 4) is 0 Å². The van der Waals surface area contributed by atoms with Crippen molar-refractivity contribution in [3.05, 3.63) is 17.5 Å². The van der Waals surface area contributed by atoms with E-state index in [1.165, 1.54) is 0 Å². The summed E-state index contributed by atoms with van der Waals surface area (Å²) < 4.78 is 0. The summed E-state index contributed by atoms with van der Waals surface area (Å²) in [5.74, 6) is 1.12. The first kappa shape index (κ1) is 14.2. The minimum atomic E-state index is 0.159. The molecule has 0 saturated carbocycles. The van der Waals surface area contributed by atoms with Gasteiger partial charge in [0.15, 0.2) is 0 Å². The third kappa shape index (κ3) is 4.90. The van der Waals surface area contributed by atoms with Gasteiger partial charge in [0.05, 0.1) is 0 Å². The third-order valence-corrected chi connectivity index (χ3v) is 2.70. The topological polar surface area (TPSA) is 37.8 Å². The van der Waals surface area contributed by atoms with Gasteiger partial charge in [-0.3, -0.25) is 0 Å². The maximum atomic E-state index is 5.97. The monoisotopic (exact) mass is 255 g/mol. The molecule has 0 aromatic carbocycles. The summed E-state index contributed by atoms with van der Waals surface area (Å²) in [4.78, 5) is 8.91. The summed E-state index contributed by atoms with van der Waals surface area (Å²) in [6.07, 6.45) is 0.899. The molecule has 96 valence electrons. The van der Waals surface area contributed by atoms with Crippen molar-refractivity contribution >= 4 is 17.5 Å². The van der Waals surface area contributed by atoms with Gasteiger partial charge in [-0.05, 0) is 39.2 Å². The Morgan fingerprint density at radius 3 is 2.41 bits per heavy atom. The number of rotatable bonds is 5. The van der Waals surface area contributed by atoms with Crippen molar-refractivity contribution in [3.63, 3.8) is 0 Å². The number of aryl methyl sites for hydroxylation is 1. The molecular weight excluding hydrogens is 234 g/mol. The van der Waals surface area contributed by atoms with Crippen molar-refractivity contribution in [2.45, 2.75) is 58.4 Å². The van der Waals surface area contributed by atoms with Gasteiger partial charge in [0, 0.05) is 22.8 Å². The van der Waals surface area contributed by atoms with Gasteiger partial charge < -0.3 is 5.32 Å². The Balaban J connectivity index is 2.77. The van der Waals surface area contributed by atoms with Crippen LogP contribution in [0.15, 0.2) is 6.07 Å². The number of nitrogens with one attached hydrogen (secondary N) is 1. The predicted octanol–water partition coefficient (Wildman–Crippen LogP) is 3.73. The average Bonchev–Trinajstić information content (AvgIpc) is 2.14. The summed E-state index contributed by atoms with van der Waals surface area (Å²) in [7, 11) is 0. The average molecular weight is 256 g/mol. The van der Waals surface area contributed by atoms with Gasteiger partial charge in [-0.15, -0.1) is 11.6 Å². The zero-order valence-electron chi connectivity index (χ0n) is 11.3. The van der Waals surface area contributed by atoms with Gasteiger partial charge in [-0.2, -0.15) is 0 Å². The van der Waals surface area contributed by atoms with Crippen LogP contribution in [0.25, 0.3) is 0 Å². The summed E-state index contributed by atoms with van der Waals surface area (Å²) in [5.41, 5.74) is 2.07. The molecule has 3 nitrogen and oxygen atoms in total. The minimum Gasteiger partial charge on any atom is -0.352 e. The first-order valence-corrected chi connectivity index (χ1v) is 6.58. The van der Waals surface area contributed by atoms with Crippen LogP contribution in [0.1, 0.15) is 51.4 Å². The molecular formula is C13H22ClN3. The number of nitrogens with zero attached hydrogens (tertiary/aromatic N) is 2. The van der Waals surface area contributed by atoms with Crippen LogP contribution >= 0.6 is 11.6 Å². The molecule has 4 heteroatoms. The molecule has 0 fully saturated rings. The molecule has 2 atom stereocenters. The highest BCUT2D eigenvalue weighted by Crippen LogP contribution is 2.16. The van der Waals surface area contributed by atoms with Gasteiger partial charge in [-0.1, -0.05) is 13.8 Å². The smallest absolute Gasteiger partial charge is 0.223 e. The Morgan fingerprint density at radius 1 is 1.24 bits per heavy atom. The van der Waals surface area contributed by atoms with Gasteiger partial charge >= 0.3 is 0 Å². The van der Waals surface area contributed by atoms with Crippen LogP contribution in [-0.2, 0) is 0 Å². The molecule has 1 N–H and O–H groups in total. The number of alkyl halides is 1. The number of hydrogen-bond acceptors (Lipinski definition) is 3. The van der Waals surface area contributed by atoms with E-state index in [0.717, 1.165) is 17.8 Å². The van der Waals surface area contributed by atoms with Crippen LogP contribution in [-0.4, -0.2) is 21.4 Å². The second-order valence-corrected chi connectivity index (χ2v) is 5.72. The molecule has 0 radical (unpaired) electrons. The van der Waals surface area contributed by atoms with E-state index in [4.69, 9.17) is 11.6 Å². The highest BCUT2D eigenvalue weighted by molar-refractivity contribution is 6.20. The van der Waals surface area contributed by atoms with E-state index in [2.05, 4.69) is 36.1 Å². The fraction of sp³-hybridized carbons (Fsp3) is 0.692. The lowest BCUT2D eigenvalue weighted by molar-refractivity contribution is 0.686. The molecule has 0 aliphatic heterocycles. The van der Waals surface area contributed by atoms with E-state index in [1.54, 1.807) is 0 Å². The van der Waals surface area contributed by atoms with Crippen molar-refractivity contribution < 1.29 is 0 Å². The second kappa shape index (κ2) is 6.20. The van der Waals surface area contributed by atoms with Crippen molar-refractivity contribution in [2.75, 3.05) is 5.32 Å². The Bertz CT molecular complexity index is 364. The Labute approximate surface area is 109 Å². The first-order valence-electron chi connectivity index (χ1n) is 6.14. The van der Waals surface area contributed by atoms with Crippen LogP contribution in [0, 0.1) is 6.92 Å². The highest BCUT2D eigenvalue weighted by Gasteiger charge is 2.10. The third-order valence-electron chi connectivity index (χ3n) is 2.52. The van der Waals surface area contributed by atoms with Crippen LogP contribution in [0.2, 0.25) is 0 Å². The highest BCUT2D eigenvalue weighted by atomic mass is 35.5. The molecule has 0 bridgehead atoms. The fourth-order valence-corrected chi connectivity index (χ4v) is 1.99. The summed E-state index contributed by atoms with van der Waals surface area (Å²) in [6.45, 7) is 10.4. The number of hydrogen-bond donors (Lipinski definition) is 1. The lowest BCUT2D eigenvalue weighted by atomic mass is 10.1. The van der Waals surface area contributed by atoms with Crippen molar-refractivity contribution in [1.29, 1.82) is 0 Å². The lowest BCUT2D eigenvalue weighted by Crippen LogP contribution is -2.20. The van der Waals surface area contributed by atoms with E-state index < -0.39 is 0 Å².